The summed E-state index contributed by atoms with van der Waals surface area (Å²) in [6, 6.07) is 0. The van der Waals surface area contributed by atoms with Crippen LogP contribution in [0.1, 0.15) is 0 Å². The van der Waals surface area contributed by atoms with Gasteiger partial charge in [-0.05, 0) is 0 Å². The quantitative estimate of drug-likeness (QED) is 0.469. The summed E-state index contributed by atoms with van der Waals surface area (Å²) in [5, 5.41) is 0. The van der Waals surface area contributed by atoms with Crippen molar-refractivity contribution in [1.82, 2.24) is 0 Å². The van der Waals surface area contributed by atoms with Crippen LogP contribution in [0.4, 0.5) is 0 Å². The van der Waals surface area contributed by atoms with Crippen LogP contribution in [0, 0.1) is 0 Å². The van der Waals surface area contributed by atoms with Gasteiger partial charge >= 0.3 is 5.97 Å². The summed E-state index contributed by atoms with van der Waals surface area (Å²) < 4.78 is 4.41. The van der Waals surface area contributed by atoms with Gasteiger partial charge in [-0.1, -0.05) is 0 Å². The minimum absolute atomic E-state index is 0. The molecule has 0 spiro atoms. The summed E-state index contributed by atoms with van der Waals surface area (Å²) >= 11 is 0. The first-order valence-corrected chi connectivity index (χ1v) is 1.92. The Morgan fingerprint density at radius 3 is 2.50 bits per heavy atom. The Kier molecular flexibility index (Phi) is 2.34. The number of nitrogens with two attached hydrogens (primary N) is 1. The van der Waals surface area contributed by atoms with Gasteiger partial charge in [0.1, 0.15) is 6.61 Å². The molecule has 4 heteroatoms. The molecule has 0 bridgehead atoms. The summed E-state index contributed by atoms with van der Waals surface area (Å²) in [6.07, 6.45) is 1.28. The van der Waals surface area contributed by atoms with Crippen LogP contribution in [0.5, 0.6) is 0 Å². The van der Waals surface area contributed by atoms with Gasteiger partial charge in [-0.2, -0.15) is 0 Å². The van der Waals surface area contributed by atoms with Crippen LogP contribution >= 0.6 is 12.4 Å². The van der Waals surface area contributed by atoms with Crippen LogP contribution in [-0.4, -0.2) is 12.6 Å². The highest BCUT2D eigenvalue weighted by atomic mass is 35.5. The van der Waals surface area contributed by atoms with Gasteiger partial charge in [-0.15, -0.1) is 12.4 Å². The van der Waals surface area contributed by atoms with Crippen molar-refractivity contribution >= 4 is 18.4 Å². The zero-order valence-electron chi connectivity index (χ0n) is 4.09. The third-order valence-corrected chi connectivity index (χ3v) is 0.684. The van der Waals surface area contributed by atoms with Gasteiger partial charge in [-0.25, -0.2) is 4.79 Å². The normalized spacial score (nSPS) is 16.5. The van der Waals surface area contributed by atoms with Crippen molar-refractivity contribution in [2.45, 2.75) is 0 Å². The number of carbonyl (C=O) groups is 1. The molecule has 0 unspecified atom stereocenters. The van der Waals surface area contributed by atoms with Crippen LogP contribution < -0.4 is 5.73 Å². The number of halogens is 1. The molecule has 0 saturated heterocycles. The molecule has 0 aromatic carbocycles. The number of hydrogen-bond acceptors (Lipinski definition) is 3. The predicted octanol–water partition coefficient (Wildman–Crippen LogP) is -0.192. The maximum atomic E-state index is 10.1. The fourth-order valence-corrected chi connectivity index (χ4v) is 0.389. The minimum atomic E-state index is -0.336. The number of ether oxygens (including phenoxy) is 1. The van der Waals surface area contributed by atoms with E-state index in [1.165, 1.54) is 6.08 Å². The van der Waals surface area contributed by atoms with Crippen LogP contribution in [0.15, 0.2) is 11.8 Å². The molecule has 3 nitrogen and oxygen atoms in total. The SMILES string of the molecule is Cl.NC1=CC(=O)OC1. The Labute approximate surface area is 52.9 Å². The average Bonchev–Trinajstić information content (AvgIpc) is 1.87. The molecule has 0 fully saturated rings. The van der Waals surface area contributed by atoms with E-state index in [1.54, 1.807) is 0 Å². The van der Waals surface area contributed by atoms with E-state index in [-0.39, 0.29) is 25.0 Å². The largest absolute Gasteiger partial charge is 0.456 e. The van der Waals surface area contributed by atoms with Crippen molar-refractivity contribution in [2.75, 3.05) is 6.61 Å². The summed E-state index contributed by atoms with van der Waals surface area (Å²) in [6.45, 7) is 0.263. The third kappa shape index (κ3) is 1.42. The monoisotopic (exact) mass is 135 g/mol. The van der Waals surface area contributed by atoms with E-state index < -0.39 is 0 Å². The van der Waals surface area contributed by atoms with Gasteiger partial charge in [0.05, 0.1) is 5.70 Å². The molecule has 0 radical (unpaired) electrons. The van der Waals surface area contributed by atoms with E-state index >= 15 is 0 Å². The van der Waals surface area contributed by atoms with E-state index in [2.05, 4.69) is 4.74 Å². The molecule has 0 amide bonds. The van der Waals surface area contributed by atoms with Gasteiger partial charge in [0.25, 0.3) is 0 Å². The van der Waals surface area contributed by atoms with E-state index in [4.69, 9.17) is 5.73 Å². The fraction of sp³-hybridized carbons (Fsp3) is 0.250. The van der Waals surface area contributed by atoms with E-state index in [1.807, 2.05) is 0 Å². The van der Waals surface area contributed by atoms with Gasteiger partial charge in [0.15, 0.2) is 0 Å². The lowest BCUT2D eigenvalue weighted by molar-refractivity contribution is -0.134. The van der Waals surface area contributed by atoms with E-state index in [9.17, 15) is 4.79 Å². The van der Waals surface area contributed by atoms with E-state index in [0.29, 0.717) is 5.70 Å². The van der Waals surface area contributed by atoms with Crippen LogP contribution in [0.25, 0.3) is 0 Å². The number of cyclic esters (lactones) is 1. The standard InChI is InChI=1S/C4H5NO2.ClH/c5-3-1-4(6)7-2-3;/h1H,2,5H2;1H. The molecule has 46 valence electrons. The molecule has 0 atom stereocenters. The van der Waals surface area contributed by atoms with Crippen molar-refractivity contribution in [3.05, 3.63) is 11.8 Å². The van der Waals surface area contributed by atoms with Crippen LogP contribution in [-0.2, 0) is 9.53 Å². The van der Waals surface area contributed by atoms with Crippen molar-refractivity contribution < 1.29 is 9.53 Å². The molecule has 1 aliphatic rings. The van der Waals surface area contributed by atoms with E-state index in [0.717, 1.165) is 0 Å². The molecule has 0 saturated carbocycles. The summed E-state index contributed by atoms with van der Waals surface area (Å²) in [7, 11) is 0. The minimum Gasteiger partial charge on any atom is -0.456 e. The Morgan fingerprint density at radius 2 is 2.38 bits per heavy atom. The second kappa shape index (κ2) is 2.57. The second-order valence-electron chi connectivity index (χ2n) is 1.33. The molecule has 1 rings (SSSR count). The zero-order valence-corrected chi connectivity index (χ0v) is 4.90. The maximum absolute atomic E-state index is 10.1. The first-order chi connectivity index (χ1) is 3.29. The molecular formula is C4H6ClNO2. The number of rotatable bonds is 0. The highest BCUT2D eigenvalue weighted by molar-refractivity contribution is 5.85. The molecule has 1 heterocycles. The number of hydrogen-bond donors (Lipinski definition) is 1. The van der Waals surface area contributed by atoms with Crippen molar-refractivity contribution in [2.24, 2.45) is 5.73 Å². The molecular weight excluding hydrogens is 130 g/mol. The third-order valence-electron chi connectivity index (χ3n) is 0.684. The summed E-state index contributed by atoms with van der Waals surface area (Å²) in [4.78, 5) is 10.1. The average molecular weight is 136 g/mol. The Balaban J connectivity index is 0.000000490. The lowest BCUT2D eigenvalue weighted by Crippen LogP contribution is -1.97. The zero-order chi connectivity index (χ0) is 5.28. The highest BCUT2D eigenvalue weighted by Gasteiger charge is 2.07. The first kappa shape index (κ1) is 7.30. The summed E-state index contributed by atoms with van der Waals surface area (Å²) in [5.74, 6) is -0.336. The Morgan fingerprint density at radius 1 is 1.75 bits per heavy atom. The van der Waals surface area contributed by atoms with Gasteiger partial charge in [0, 0.05) is 6.08 Å². The highest BCUT2D eigenvalue weighted by Crippen LogP contribution is 1.96. The lowest BCUT2D eigenvalue weighted by atomic mass is 10.5. The van der Waals surface area contributed by atoms with Crippen molar-refractivity contribution in [3.8, 4) is 0 Å². The molecule has 0 aliphatic carbocycles. The molecule has 0 aromatic rings. The van der Waals surface area contributed by atoms with Gasteiger partial charge in [-0.3, -0.25) is 0 Å². The Bertz CT molecular complexity index is 132. The topological polar surface area (TPSA) is 52.3 Å². The van der Waals surface area contributed by atoms with Gasteiger partial charge < -0.3 is 10.5 Å². The van der Waals surface area contributed by atoms with Crippen LogP contribution in [0.2, 0.25) is 0 Å². The van der Waals surface area contributed by atoms with Crippen LogP contribution in [0.3, 0.4) is 0 Å². The lowest BCUT2D eigenvalue weighted by Gasteiger charge is -1.85. The molecule has 1 aliphatic heterocycles. The smallest absolute Gasteiger partial charge is 0.333 e. The molecule has 8 heavy (non-hydrogen) atoms. The van der Waals surface area contributed by atoms with Crippen molar-refractivity contribution in [3.63, 3.8) is 0 Å². The number of carbonyl (C=O) groups excluding carboxylic acids is 1. The summed E-state index contributed by atoms with van der Waals surface area (Å²) in [5.41, 5.74) is 5.65. The maximum Gasteiger partial charge on any atom is 0.333 e. The predicted molar refractivity (Wildman–Crippen MR) is 30.5 cm³/mol. The Hall–Kier alpha value is -0.700. The molecule has 0 aromatic heterocycles. The molecule has 2 N–H and O–H groups in total. The fourth-order valence-electron chi connectivity index (χ4n) is 0.389. The first-order valence-electron chi connectivity index (χ1n) is 1.92. The number of esters is 1. The second-order valence-corrected chi connectivity index (χ2v) is 1.33. The van der Waals surface area contributed by atoms with Gasteiger partial charge in [0.2, 0.25) is 0 Å². The van der Waals surface area contributed by atoms with Crippen molar-refractivity contribution in [1.29, 1.82) is 0 Å².